The summed E-state index contributed by atoms with van der Waals surface area (Å²) < 4.78 is 10.5. The molecule has 3 heteroatoms. The lowest BCUT2D eigenvalue weighted by atomic mass is 9.83. The first-order chi connectivity index (χ1) is 7.24. The van der Waals surface area contributed by atoms with Crippen LogP contribution in [-0.4, -0.2) is 24.8 Å². The molecular formula is C12H20O3. The summed E-state index contributed by atoms with van der Waals surface area (Å²) in [5.74, 6) is 0.361. The molecule has 0 amide bonds. The highest BCUT2D eigenvalue weighted by molar-refractivity contribution is 5.79. The summed E-state index contributed by atoms with van der Waals surface area (Å²) in [7, 11) is 1.44. The third-order valence-corrected chi connectivity index (χ3v) is 3.94. The predicted molar refractivity (Wildman–Crippen MR) is 56.5 cm³/mol. The normalized spacial score (nSPS) is 39.9. The number of hydrogen-bond acceptors (Lipinski definition) is 3. The first kappa shape index (κ1) is 10.9. The summed E-state index contributed by atoms with van der Waals surface area (Å²) in [5.41, 5.74) is -0.154. The summed E-state index contributed by atoms with van der Waals surface area (Å²) in [4.78, 5) is 11.5. The van der Waals surface area contributed by atoms with E-state index >= 15 is 0 Å². The van der Waals surface area contributed by atoms with E-state index in [0.717, 1.165) is 12.8 Å². The van der Waals surface area contributed by atoms with E-state index < -0.39 is 0 Å². The van der Waals surface area contributed by atoms with Gasteiger partial charge in [-0.2, -0.15) is 0 Å². The van der Waals surface area contributed by atoms with Crippen LogP contribution in [0.25, 0.3) is 0 Å². The van der Waals surface area contributed by atoms with Gasteiger partial charge in [0.1, 0.15) is 5.60 Å². The number of carbonyl (C=O) groups excluding carboxylic acids is 1. The molecule has 86 valence electrons. The predicted octanol–water partition coefficient (Wildman–Crippen LogP) is 2.29. The van der Waals surface area contributed by atoms with Crippen molar-refractivity contribution in [2.45, 2.75) is 57.2 Å². The second-order valence-electron chi connectivity index (χ2n) is 4.68. The largest absolute Gasteiger partial charge is 0.467 e. The molecule has 3 atom stereocenters. The van der Waals surface area contributed by atoms with Gasteiger partial charge >= 0.3 is 5.97 Å². The number of esters is 1. The summed E-state index contributed by atoms with van der Waals surface area (Å²) in [5, 5.41) is 0. The summed E-state index contributed by atoms with van der Waals surface area (Å²) in [6.45, 7) is 2.19. The minimum atomic E-state index is -0.273. The van der Waals surface area contributed by atoms with Crippen molar-refractivity contribution in [1.29, 1.82) is 0 Å². The molecule has 1 heterocycles. The molecule has 1 saturated carbocycles. The van der Waals surface area contributed by atoms with Crippen molar-refractivity contribution in [3.8, 4) is 0 Å². The van der Waals surface area contributed by atoms with E-state index in [1.165, 1.54) is 32.8 Å². The number of epoxide rings is 1. The maximum Gasteiger partial charge on any atom is 0.338 e. The number of methoxy groups -OCH3 is 1. The van der Waals surface area contributed by atoms with Crippen molar-refractivity contribution < 1.29 is 14.3 Å². The quantitative estimate of drug-likeness (QED) is 0.520. The number of rotatable bonds is 2. The minimum Gasteiger partial charge on any atom is -0.467 e. The molecule has 15 heavy (non-hydrogen) atoms. The minimum absolute atomic E-state index is 0.154. The van der Waals surface area contributed by atoms with Gasteiger partial charge in [-0.15, -0.1) is 0 Å². The summed E-state index contributed by atoms with van der Waals surface area (Å²) >= 11 is 0. The Hall–Kier alpha value is -0.570. The monoisotopic (exact) mass is 212 g/mol. The number of hydrogen-bond donors (Lipinski definition) is 0. The third kappa shape index (κ3) is 1.78. The Kier molecular flexibility index (Phi) is 3.01. The van der Waals surface area contributed by atoms with Gasteiger partial charge in [0, 0.05) is 0 Å². The lowest BCUT2D eigenvalue weighted by Crippen LogP contribution is -2.29. The molecule has 0 bridgehead atoms. The lowest BCUT2D eigenvalue weighted by molar-refractivity contribution is -0.142. The first-order valence-corrected chi connectivity index (χ1v) is 6.00. The van der Waals surface area contributed by atoms with Crippen LogP contribution < -0.4 is 0 Å². The molecule has 2 fully saturated rings. The van der Waals surface area contributed by atoms with Crippen LogP contribution >= 0.6 is 0 Å². The Morgan fingerprint density at radius 3 is 2.93 bits per heavy atom. The average molecular weight is 212 g/mol. The first-order valence-electron chi connectivity index (χ1n) is 6.00. The second-order valence-corrected chi connectivity index (χ2v) is 4.68. The molecule has 1 saturated heterocycles. The fourth-order valence-corrected chi connectivity index (χ4v) is 3.01. The van der Waals surface area contributed by atoms with E-state index in [-0.39, 0.29) is 17.7 Å². The van der Waals surface area contributed by atoms with Crippen molar-refractivity contribution in [1.82, 2.24) is 0 Å². The maximum absolute atomic E-state index is 11.5. The Labute approximate surface area is 91.1 Å². The van der Waals surface area contributed by atoms with Gasteiger partial charge < -0.3 is 9.47 Å². The van der Waals surface area contributed by atoms with Gasteiger partial charge in [-0.3, -0.25) is 0 Å². The molecule has 1 aliphatic carbocycles. The van der Waals surface area contributed by atoms with E-state index in [2.05, 4.69) is 6.92 Å². The molecular weight excluding hydrogens is 192 g/mol. The van der Waals surface area contributed by atoms with E-state index in [9.17, 15) is 4.79 Å². The van der Waals surface area contributed by atoms with Gasteiger partial charge in [-0.05, 0) is 18.8 Å². The molecule has 0 aromatic carbocycles. The van der Waals surface area contributed by atoms with Crippen LogP contribution in [0, 0.1) is 5.92 Å². The van der Waals surface area contributed by atoms with Gasteiger partial charge in [-0.25, -0.2) is 4.79 Å². The van der Waals surface area contributed by atoms with Crippen molar-refractivity contribution in [2.75, 3.05) is 7.11 Å². The summed E-state index contributed by atoms with van der Waals surface area (Å²) in [6, 6.07) is 0. The van der Waals surface area contributed by atoms with Gasteiger partial charge in [0.2, 0.25) is 0 Å². The second kappa shape index (κ2) is 4.12. The van der Waals surface area contributed by atoms with E-state index in [0.29, 0.717) is 5.92 Å². The molecule has 1 spiro atoms. The molecule has 2 aliphatic rings. The summed E-state index contributed by atoms with van der Waals surface area (Å²) in [6.07, 6.45) is 6.80. The fraction of sp³-hybridized carbons (Fsp3) is 0.917. The molecule has 0 aromatic rings. The van der Waals surface area contributed by atoms with Crippen LogP contribution in [0.3, 0.4) is 0 Å². The molecule has 0 N–H and O–H groups in total. The SMILES string of the molecule is CCC1CCCCCC12OC2C(=O)OC. The topological polar surface area (TPSA) is 38.8 Å². The van der Waals surface area contributed by atoms with Crippen molar-refractivity contribution in [3.63, 3.8) is 0 Å². The highest BCUT2D eigenvalue weighted by atomic mass is 16.7. The Morgan fingerprint density at radius 1 is 1.47 bits per heavy atom. The number of ether oxygens (including phenoxy) is 2. The zero-order chi connectivity index (χ0) is 10.9. The Balaban J connectivity index is 2.08. The number of carbonyl (C=O) groups is 1. The van der Waals surface area contributed by atoms with Crippen molar-refractivity contribution >= 4 is 5.97 Å². The van der Waals surface area contributed by atoms with Gasteiger partial charge in [-0.1, -0.05) is 32.6 Å². The van der Waals surface area contributed by atoms with Crippen LogP contribution in [0.15, 0.2) is 0 Å². The zero-order valence-electron chi connectivity index (χ0n) is 9.62. The molecule has 3 unspecified atom stereocenters. The van der Waals surface area contributed by atoms with E-state index in [4.69, 9.17) is 9.47 Å². The van der Waals surface area contributed by atoms with Crippen LogP contribution in [0.5, 0.6) is 0 Å². The van der Waals surface area contributed by atoms with Crippen LogP contribution in [0.1, 0.15) is 45.4 Å². The smallest absolute Gasteiger partial charge is 0.338 e. The highest BCUT2D eigenvalue weighted by Crippen LogP contribution is 2.52. The van der Waals surface area contributed by atoms with E-state index in [1.54, 1.807) is 0 Å². The van der Waals surface area contributed by atoms with Crippen LogP contribution in [-0.2, 0) is 14.3 Å². The third-order valence-electron chi connectivity index (χ3n) is 3.94. The average Bonchev–Trinajstić information content (AvgIpc) is 3.01. The van der Waals surface area contributed by atoms with Gasteiger partial charge in [0.25, 0.3) is 0 Å². The van der Waals surface area contributed by atoms with Crippen molar-refractivity contribution in [3.05, 3.63) is 0 Å². The lowest BCUT2D eigenvalue weighted by Gasteiger charge is -2.20. The maximum atomic E-state index is 11.5. The van der Waals surface area contributed by atoms with E-state index in [1.807, 2.05) is 0 Å². The molecule has 3 nitrogen and oxygen atoms in total. The Bertz CT molecular complexity index is 251. The van der Waals surface area contributed by atoms with Gasteiger partial charge in [0.05, 0.1) is 7.11 Å². The molecule has 0 radical (unpaired) electrons. The zero-order valence-corrected chi connectivity index (χ0v) is 9.62. The molecule has 2 rings (SSSR count). The Morgan fingerprint density at radius 2 is 2.27 bits per heavy atom. The fourth-order valence-electron chi connectivity index (χ4n) is 3.01. The highest BCUT2D eigenvalue weighted by Gasteiger charge is 2.64. The standard InChI is InChI=1S/C12H20O3/c1-3-9-7-5-4-6-8-12(9)10(15-12)11(13)14-2/h9-10H,3-8H2,1-2H3. The van der Waals surface area contributed by atoms with Crippen LogP contribution in [0.4, 0.5) is 0 Å². The van der Waals surface area contributed by atoms with Crippen molar-refractivity contribution in [2.24, 2.45) is 5.92 Å². The van der Waals surface area contributed by atoms with Crippen LogP contribution in [0.2, 0.25) is 0 Å². The van der Waals surface area contributed by atoms with Gasteiger partial charge in [0.15, 0.2) is 6.10 Å². The molecule has 0 aromatic heterocycles. The molecule has 1 aliphatic heterocycles.